The summed E-state index contributed by atoms with van der Waals surface area (Å²) in [5, 5.41) is 0. The topological polar surface area (TPSA) is 118 Å². The number of amides is 1. The molecule has 0 atom stereocenters. The van der Waals surface area contributed by atoms with E-state index < -0.39 is 38.3 Å². The molecule has 166 valence electrons. The SMILES string of the molecule is CS(=O)(=O)c1cccc(C(=O)OCC(=O)N2CCN(S(=O)(=O)c3ccccc3)CC2)c1. The molecule has 1 amide bonds. The van der Waals surface area contributed by atoms with Crippen LogP contribution in [0.1, 0.15) is 10.4 Å². The van der Waals surface area contributed by atoms with Gasteiger partial charge in [-0.15, -0.1) is 0 Å². The molecule has 0 aliphatic carbocycles. The van der Waals surface area contributed by atoms with Gasteiger partial charge in [0.15, 0.2) is 16.4 Å². The van der Waals surface area contributed by atoms with Crippen LogP contribution in [0.15, 0.2) is 64.4 Å². The molecule has 1 aliphatic rings. The van der Waals surface area contributed by atoms with Crippen LogP contribution in [0.2, 0.25) is 0 Å². The highest BCUT2D eigenvalue weighted by molar-refractivity contribution is 7.90. The third kappa shape index (κ3) is 5.49. The van der Waals surface area contributed by atoms with Crippen LogP contribution in [-0.4, -0.2) is 77.0 Å². The Morgan fingerprint density at radius 3 is 2.10 bits per heavy atom. The van der Waals surface area contributed by atoms with Gasteiger partial charge in [-0.1, -0.05) is 24.3 Å². The lowest BCUT2D eigenvalue weighted by Gasteiger charge is -2.33. The van der Waals surface area contributed by atoms with Crippen molar-refractivity contribution in [1.29, 1.82) is 0 Å². The van der Waals surface area contributed by atoms with Crippen LogP contribution in [0.4, 0.5) is 0 Å². The second-order valence-electron chi connectivity index (χ2n) is 6.97. The average molecular weight is 467 g/mol. The summed E-state index contributed by atoms with van der Waals surface area (Å²) in [5.74, 6) is -1.27. The smallest absolute Gasteiger partial charge is 0.338 e. The van der Waals surface area contributed by atoms with Gasteiger partial charge in [0.05, 0.1) is 15.4 Å². The number of ether oxygens (including phenoxy) is 1. The molecular weight excluding hydrogens is 444 g/mol. The number of carbonyl (C=O) groups is 2. The molecule has 3 rings (SSSR count). The van der Waals surface area contributed by atoms with Gasteiger partial charge < -0.3 is 9.64 Å². The number of sulfonamides is 1. The third-order valence-corrected chi connectivity index (χ3v) is 7.82. The Kier molecular flexibility index (Phi) is 6.77. The quantitative estimate of drug-likeness (QED) is 0.577. The van der Waals surface area contributed by atoms with Gasteiger partial charge in [-0.3, -0.25) is 4.79 Å². The summed E-state index contributed by atoms with van der Waals surface area (Å²) in [7, 11) is -7.11. The number of esters is 1. The Morgan fingerprint density at radius 2 is 1.48 bits per heavy atom. The van der Waals surface area contributed by atoms with E-state index in [-0.39, 0.29) is 41.5 Å². The molecule has 9 nitrogen and oxygen atoms in total. The summed E-state index contributed by atoms with van der Waals surface area (Å²) in [6, 6.07) is 13.4. The van der Waals surface area contributed by atoms with Gasteiger partial charge in [-0.05, 0) is 30.3 Å². The number of hydrogen-bond donors (Lipinski definition) is 0. The third-order valence-electron chi connectivity index (χ3n) is 4.80. The molecule has 1 fully saturated rings. The molecule has 1 heterocycles. The van der Waals surface area contributed by atoms with Crippen LogP contribution >= 0.6 is 0 Å². The van der Waals surface area contributed by atoms with E-state index in [1.54, 1.807) is 18.2 Å². The number of benzene rings is 2. The number of rotatable bonds is 6. The van der Waals surface area contributed by atoms with Crippen LogP contribution in [-0.2, 0) is 29.4 Å². The first kappa shape index (κ1) is 22.9. The Bertz CT molecular complexity index is 1170. The number of sulfone groups is 1. The van der Waals surface area contributed by atoms with Gasteiger partial charge >= 0.3 is 5.97 Å². The number of carbonyl (C=O) groups excluding carboxylic acids is 2. The number of nitrogens with zero attached hydrogens (tertiary/aromatic N) is 2. The number of piperazine rings is 1. The predicted molar refractivity (Wildman–Crippen MR) is 112 cm³/mol. The first-order chi connectivity index (χ1) is 14.6. The van der Waals surface area contributed by atoms with Crippen molar-refractivity contribution < 1.29 is 31.2 Å². The van der Waals surface area contributed by atoms with E-state index in [1.807, 2.05) is 0 Å². The van der Waals surface area contributed by atoms with Crippen molar-refractivity contribution in [3.8, 4) is 0 Å². The zero-order chi connectivity index (χ0) is 22.6. The Balaban J connectivity index is 1.54. The molecule has 0 spiro atoms. The highest BCUT2D eigenvalue weighted by Gasteiger charge is 2.30. The monoisotopic (exact) mass is 466 g/mol. The Hall–Kier alpha value is -2.76. The molecular formula is C20H22N2O7S2. The maximum atomic E-state index is 12.6. The van der Waals surface area contributed by atoms with Gasteiger partial charge in [0, 0.05) is 32.4 Å². The zero-order valence-electron chi connectivity index (χ0n) is 16.8. The van der Waals surface area contributed by atoms with E-state index >= 15 is 0 Å². The molecule has 0 N–H and O–H groups in total. The second kappa shape index (κ2) is 9.16. The summed E-state index contributed by atoms with van der Waals surface area (Å²) in [5.41, 5.74) is 0.0227. The van der Waals surface area contributed by atoms with Crippen LogP contribution in [0.5, 0.6) is 0 Å². The molecule has 1 aliphatic heterocycles. The maximum Gasteiger partial charge on any atom is 0.338 e. The van der Waals surface area contributed by atoms with Crippen molar-refractivity contribution in [3.05, 3.63) is 60.2 Å². The van der Waals surface area contributed by atoms with Crippen molar-refractivity contribution in [2.45, 2.75) is 9.79 Å². The molecule has 31 heavy (non-hydrogen) atoms. The fourth-order valence-corrected chi connectivity index (χ4v) is 5.19. The largest absolute Gasteiger partial charge is 0.452 e. The lowest BCUT2D eigenvalue weighted by molar-refractivity contribution is -0.135. The molecule has 2 aromatic rings. The van der Waals surface area contributed by atoms with Gasteiger partial charge in [-0.25, -0.2) is 21.6 Å². The maximum absolute atomic E-state index is 12.6. The Morgan fingerprint density at radius 1 is 0.871 bits per heavy atom. The van der Waals surface area contributed by atoms with Gasteiger partial charge in [0.2, 0.25) is 10.0 Å². The van der Waals surface area contributed by atoms with Crippen LogP contribution in [0, 0.1) is 0 Å². The van der Waals surface area contributed by atoms with Gasteiger partial charge in [-0.2, -0.15) is 4.31 Å². The molecule has 0 saturated carbocycles. The van der Waals surface area contributed by atoms with E-state index in [0.717, 1.165) is 6.26 Å². The van der Waals surface area contributed by atoms with Crippen molar-refractivity contribution in [1.82, 2.24) is 9.21 Å². The van der Waals surface area contributed by atoms with Crippen molar-refractivity contribution in [2.75, 3.05) is 39.0 Å². The molecule has 2 aromatic carbocycles. The van der Waals surface area contributed by atoms with Crippen molar-refractivity contribution >= 4 is 31.7 Å². The summed E-state index contributed by atoms with van der Waals surface area (Å²) in [4.78, 5) is 26.1. The summed E-state index contributed by atoms with van der Waals surface area (Å²) in [6.45, 7) is 0.0893. The highest BCUT2D eigenvalue weighted by Crippen LogP contribution is 2.17. The van der Waals surface area contributed by atoms with Crippen LogP contribution in [0.25, 0.3) is 0 Å². The van der Waals surface area contributed by atoms with E-state index in [0.29, 0.717) is 0 Å². The molecule has 0 unspecified atom stereocenters. The lowest BCUT2D eigenvalue weighted by atomic mass is 10.2. The second-order valence-corrected chi connectivity index (χ2v) is 10.9. The molecule has 0 aromatic heterocycles. The van der Waals surface area contributed by atoms with E-state index in [4.69, 9.17) is 4.74 Å². The normalized spacial score (nSPS) is 15.5. The molecule has 1 saturated heterocycles. The van der Waals surface area contributed by atoms with Crippen molar-refractivity contribution in [3.63, 3.8) is 0 Å². The standard InChI is InChI=1S/C20H22N2O7S2/c1-30(25,26)18-9-5-6-16(14-18)20(24)29-15-19(23)21-10-12-22(13-11-21)31(27,28)17-7-3-2-4-8-17/h2-9,14H,10-13,15H2,1H3. The minimum Gasteiger partial charge on any atom is -0.452 e. The van der Waals surface area contributed by atoms with Crippen LogP contribution in [0.3, 0.4) is 0 Å². The summed E-state index contributed by atoms with van der Waals surface area (Å²) >= 11 is 0. The van der Waals surface area contributed by atoms with E-state index in [9.17, 15) is 26.4 Å². The lowest BCUT2D eigenvalue weighted by Crippen LogP contribution is -2.51. The van der Waals surface area contributed by atoms with E-state index in [2.05, 4.69) is 0 Å². The summed E-state index contributed by atoms with van der Waals surface area (Å²) < 4.78 is 54.8. The fraction of sp³-hybridized carbons (Fsp3) is 0.300. The molecule has 0 bridgehead atoms. The zero-order valence-corrected chi connectivity index (χ0v) is 18.4. The van der Waals surface area contributed by atoms with Crippen LogP contribution < -0.4 is 0 Å². The highest BCUT2D eigenvalue weighted by atomic mass is 32.2. The molecule has 0 radical (unpaired) electrons. The molecule has 11 heteroatoms. The summed E-state index contributed by atoms with van der Waals surface area (Å²) in [6.07, 6.45) is 1.03. The van der Waals surface area contributed by atoms with Crippen molar-refractivity contribution in [2.24, 2.45) is 0 Å². The predicted octanol–water partition coefficient (Wildman–Crippen LogP) is 0.780. The van der Waals surface area contributed by atoms with Gasteiger partial charge in [0.1, 0.15) is 0 Å². The average Bonchev–Trinajstić information content (AvgIpc) is 2.77. The first-order valence-electron chi connectivity index (χ1n) is 9.39. The Labute approximate surface area is 181 Å². The minimum atomic E-state index is -3.63. The van der Waals surface area contributed by atoms with E-state index in [1.165, 1.54) is 45.6 Å². The fourth-order valence-electron chi connectivity index (χ4n) is 3.08. The van der Waals surface area contributed by atoms with Gasteiger partial charge in [0.25, 0.3) is 5.91 Å². The first-order valence-corrected chi connectivity index (χ1v) is 12.7. The number of hydrogen-bond acceptors (Lipinski definition) is 7. The minimum absolute atomic E-state index is 0.0227.